The van der Waals surface area contributed by atoms with Crippen molar-refractivity contribution in [3.8, 4) is 5.69 Å². The van der Waals surface area contributed by atoms with E-state index in [0.29, 0.717) is 11.0 Å². The van der Waals surface area contributed by atoms with Gasteiger partial charge in [0.25, 0.3) is 0 Å². The van der Waals surface area contributed by atoms with Gasteiger partial charge in [0.1, 0.15) is 12.1 Å². The molecule has 0 saturated carbocycles. The fourth-order valence-corrected chi connectivity index (χ4v) is 2.85. The van der Waals surface area contributed by atoms with Gasteiger partial charge in [0.05, 0.1) is 11.4 Å². The number of nitrogens with one attached hydrogen (secondary N) is 1. The molecule has 2 heterocycles. The number of amides is 1. The Morgan fingerprint density at radius 3 is 2.78 bits per heavy atom. The number of hydrogen-bond acceptors (Lipinski definition) is 5. The van der Waals surface area contributed by atoms with Gasteiger partial charge in [-0.1, -0.05) is 30.0 Å². The Bertz CT molecular complexity index is 810. The summed E-state index contributed by atoms with van der Waals surface area (Å²) in [6.07, 6.45) is 1.64. The number of carbonyl (C=O) groups excluding carboxylic acids is 1. The first-order chi connectivity index (χ1) is 11.1. The Balaban J connectivity index is 1.64. The number of para-hydroxylation sites is 1. The highest BCUT2D eigenvalue weighted by Crippen LogP contribution is 2.19. The molecular weight excluding hydrogens is 312 g/mol. The molecule has 0 aliphatic carbocycles. The lowest BCUT2D eigenvalue weighted by Crippen LogP contribution is -2.16. The summed E-state index contributed by atoms with van der Waals surface area (Å²) >= 11 is 1.34. The molecule has 1 aromatic carbocycles. The van der Waals surface area contributed by atoms with Crippen LogP contribution < -0.4 is 5.32 Å². The lowest BCUT2D eigenvalue weighted by molar-refractivity contribution is -0.113. The summed E-state index contributed by atoms with van der Waals surface area (Å²) in [6.45, 7) is 1.88. The van der Waals surface area contributed by atoms with Gasteiger partial charge in [0, 0.05) is 18.8 Å². The van der Waals surface area contributed by atoms with Gasteiger partial charge in [-0.05, 0) is 19.1 Å². The Labute approximate surface area is 137 Å². The normalized spacial score (nSPS) is 10.7. The molecule has 0 unspecified atom stereocenters. The van der Waals surface area contributed by atoms with Crippen molar-refractivity contribution < 1.29 is 4.79 Å². The molecule has 23 heavy (non-hydrogen) atoms. The molecular formula is C15H16N6OS. The molecule has 3 rings (SSSR count). The zero-order valence-electron chi connectivity index (χ0n) is 12.8. The van der Waals surface area contributed by atoms with Gasteiger partial charge in [-0.2, -0.15) is 5.10 Å². The average molecular weight is 328 g/mol. The number of nitrogens with zero attached hydrogens (tertiary/aromatic N) is 5. The second-order valence-corrected chi connectivity index (χ2v) is 5.89. The van der Waals surface area contributed by atoms with Crippen molar-refractivity contribution in [1.29, 1.82) is 0 Å². The maximum Gasteiger partial charge on any atom is 0.235 e. The average Bonchev–Trinajstić information content (AvgIpc) is 3.13. The van der Waals surface area contributed by atoms with E-state index in [0.717, 1.165) is 11.4 Å². The van der Waals surface area contributed by atoms with E-state index in [2.05, 4.69) is 20.6 Å². The van der Waals surface area contributed by atoms with Gasteiger partial charge in [0.2, 0.25) is 5.91 Å². The quantitative estimate of drug-likeness (QED) is 0.725. The molecule has 0 aliphatic heterocycles. The van der Waals surface area contributed by atoms with Gasteiger partial charge in [-0.3, -0.25) is 14.0 Å². The Hall–Kier alpha value is -2.61. The van der Waals surface area contributed by atoms with E-state index >= 15 is 0 Å². The molecule has 0 spiro atoms. The van der Waals surface area contributed by atoms with E-state index in [4.69, 9.17) is 0 Å². The molecule has 118 valence electrons. The summed E-state index contributed by atoms with van der Waals surface area (Å²) in [5.41, 5.74) is 1.82. The third kappa shape index (κ3) is 3.59. The van der Waals surface area contributed by atoms with Crippen LogP contribution in [0.5, 0.6) is 0 Å². The van der Waals surface area contributed by atoms with Crippen LogP contribution in [0.1, 0.15) is 5.69 Å². The predicted molar refractivity (Wildman–Crippen MR) is 88.7 cm³/mol. The molecule has 3 aromatic rings. The van der Waals surface area contributed by atoms with Crippen molar-refractivity contribution in [2.24, 2.45) is 7.05 Å². The van der Waals surface area contributed by atoms with Crippen molar-refractivity contribution >= 4 is 23.5 Å². The molecule has 0 bridgehead atoms. The van der Waals surface area contributed by atoms with E-state index in [1.165, 1.54) is 11.8 Å². The molecule has 0 aliphatic rings. The van der Waals surface area contributed by atoms with Crippen LogP contribution in [0, 0.1) is 6.92 Å². The number of rotatable bonds is 5. The van der Waals surface area contributed by atoms with Crippen molar-refractivity contribution in [1.82, 2.24) is 24.5 Å². The number of hydrogen-bond donors (Lipinski definition) is 1. The first kappa shape index (κ1) is 15.3. The molecule has 1 N–H and O–H groups in total. The van der Waals surface area contributed by atoms with Gasteiger partial charge in [0.15, 0.2) is 5.16 Å². The van der Waals surface area contributed by atoms with E-state index in [1.54, 1.807) is 18.1 Å². The zero-order valence-corrected chi connectivity index (χ0v) is 13.6. The molecule has 8 heteroatoms. The summed E-state index contributed by atoms with van der Waals surface area (Å²) in [4.78, 5) is 12.1. The van der Waals surface area contributed by atoms with E-state index < -0.39 is 0 Å². The Morgan fingerprint density at radius 1 is 1.30 bits per heavy atom. The van der Waals surface area contributed by atoms with Gasteiger partial charge >= 0.3 is 0 Å². The SMILES string of the molecule is Cc1cc(NC(=O)CSc2nncn2-c2ccccc2)n(C)n1. The minimum Gasteiger partial charge on any atom is -0.310 e. The first-order valence-corrected chi connectivity index (χ1v) is 8.01. The summed E-state index contributed by atoms with van der Waals surface area (Å²) < 4.78 is 3.50. The third-order valence-corrected chi connectivity index (χ3v) is 4.10. The van der Waals surface area contributed by atoms with Gasteiger partial charge in [-0.15, -0.1) is 10.2 Å². The number of carbonyl (C=O) groups is 1. The first-order valence-electron chi connectivity index (χ1n) is 7.02. The molecule has 0 fully saturated rings. The van der Waals surface area contributed by atoms with Crippen LogP contribution in [0.25, 0.3) is 5.69 Å². The van der Waals surface area contributed by atoms with Crippen LogP contribution in [0.3, 0.4) is 0 Å². The monoisotopic (exact) mass is 328 g/mol. The summed E-state index contributed by atoms with van der Waals surface area (Å²) in [7, 11) is 1.79. The number of aryl methyl sites for hydroxylation is 2. The topological polar surface area (TPSA) is 77.6 Å². The standard InChI is InChI=1S/C15H16N6OS/c1-11-8-13(20(2)19-11)17-14(22)9-23-15-18-16-10-21(15)12-6-4-3-5-7-12/h3-8,10H,9H2,1-2H3,(H,17,22). The number of thioether (sulfide) groups is 1. The maximum absolute atomic E-state index is 12.1. The van der Waals surface area contributed by atoms with Crippen LogP contribution in [-0.4, -0.2) is 36.2 Å². The second-order valence-electron chi connectivity index (χ2n) is 4.95. The number of anilines is 1. The molecule has 0 radical (unpaired) electrons. The number of benzene rings is 1. The minimum atomic E-state index is -0.111. The Morgan fingerprint density at radius 2 is 2.09 bits per heavy atom. The summed E-state index contributed by atoms with van der Waals surface area (Å²) in [5.74, 6) is 0.814. The Kier molecular flexibility index (Phi) is 4.42. The molecule has 0 saturated heterocycles. The highest BCUT2D eigenvalue weighted by molar-refractivity contribution is 7.99. The smallest absolute Gasteiger partial charge is 0.235 e. The minimum absolute atomic E-state index is 0.111. The van der Waals surface area contributed by atoms with Crippen molar-refractivity contribution in [2.75, 3.05) is 11.1 Å². The van der Waals surface area contributed by atoms with Crippen LogP contribution >= 0.6 is 11.8 Å². The maximum atomic E-state index is 12.1. The van der Waals surface area contributed by atoms with Crippen LogP contribution in [0.15, 0.2) is 47.9 Å². The van der Waals surface area contributed by atoms with Crippen molar-refractivity contribution in [3.63, 3.8) is 0 Å². The zero-order chi connectivity index (χ0) is 16.2. The van der Waals surface area contributed by atoms with Crippen LogP contribution in [0.2, 0.25) is 0 Å². The van der Waals surface area contributed by atoms with Crippen molar-refractivity contribution in [2.45, 2.75) is 12.1 Å². The number of aromatic nitrogens is 5. The lowest BCUT2D eigenvalue weighted by Gasteiger charge is -2.07. The summed E-state index contributed by atoms with van der Waals surface area (Å²) in [6, 6.07) is 11.6. The third-order valence-electron chi connectivity index (χ3n) is 3.15. The van der Waals surface area contributed by atoms with E-state index in [1.807, 2.05) is 47.9 Å². The molecule has 1 amide bonds. The predicted octanol–water partition coefficient (Wildman–Crippen LogP) is 2.04. The van der Waals surface area contributed by atoms with Crippen LogP contribution in [-0.2, 0) is 11.8 Å². The second kappa shape index (κ2) is 6.66. The molecule has 2 aromatic heterocycles. The largest absolute Gasteiger partial charge is 0.310 e. The fourth-order valence-electron chi connectivity index (χ4n) is 2.13. The van der Waals surface area contributed by atoms with Crippen molar-refractivity contribution in [3.05, 3.63) is 48.4 Å². The lowest BCUT2D eigenvalue weighted by atomic mass is 10.3. The highest BCUT2D eigenvalue weighted by Gasteiger charge is 2.11. The molecule has 0 atom stereocenters. The summed E-state index contributed by atoms with van der Waals surface area (Å²) in [5, 5.41) is 15.7. The van der Waals surface area contributed by atoms with Gasteiger partial charge in [-0.25, -0.2) is 0 Å². The molecule has 7 nitrogen and oxygen atoms in total. The van der Waals surface area contributed by atoms with Crippen LogP contribution in [0.4, 0.5) is 5.82 Å². The van der Waals surface area contributed by atoms with E-state index in [-0.39, 0.29) is 11.7 Å². The highest BCUT2D eigenvalue weighted by atomic mass is 32.2. The van der Waals surface area contributed by atoms with Gasteiger partial charge < -0.3 is 5.32 Å². The van der Waals surface area contributed by atoms with E-state index in [9.17, 15) is 4.79 Å². The fraction of sp³-hybridized carbons (Fsp3) is 0.200.